The second kappa shape index (κ2) is 6.32. The normalized spacial score (nSPS) is 18.4. The number of alkyl halides is 3. The van der Waals surface area contributed by atoms with Gasteiger partial charge in [-0.2, -0.15) is 18.2 Å². The van der Waals surface area contributed by atoms with Gasteiger partial charge in [0, 0.05) is 12.2 Å². The fraction of sp³-hybridized carbons (Fsp3) is 0.158. The number of amidine groups is 1. The molecule has 3 nitrogen and oxygen atoms in total. The van der Waals surface area contributed by atoms with E-state index in [1.54, 1.807) is 6.08 Å². The lowest BCUT2D eigenvalue weighted by Gasteiger charge is -2.17. The van der Waals surface area contributed by atoms with Crippen molar-refractivity contribution >= 4 is 34.6 Å². The first-order valence-corrected chi connectivity index (χ1v) is 8.79. The molecule has 26 heavy (non-hydrogen) atoms. The zero-order valence-corrected chi connectivity index (χ0v) is 14.3. The van der Waals surface area contributed by atoms with Gasteiger partial charge in [-0.25, -0.2) is 0 Å². The highest BCUT2D eigenvalue weighted by Crippen LogP contribution is 2.36. The third-order valence-electron chi connectivity index (χ3n) is 4.26. The Hall–Kier alpha value is -2.54. The summed E-state index contributed by atoms with van der Waals surface area (Å²) in [5.41, 5.74) is 2.08. The number of halogens is 3. The average molecular weight is 374 g/mol. The van der Waals surface area contributed by atoms with Crippen LogP contribution >= 0.6 is 11.8 Å². The van der Waals surface area contributed by atoms with Gasteiger partial charge in [0.2, 0.25) is 0 Å². The van der Waals surface area contributed by atoms with Gasteiger partial charge >= 0.3 is 6.18 Å². The lowest BCUT2D eigenvalue weighted by molar-refractivity contribution is -0.137. The molecule has 2 aliphatic rings. The maximum absolute atomic E-state index is 12.6. The Bertz CT molecular complexity index is 933. The monoisotopic (exact) mass is 374 g/mol. The van der Waals surface area contributed by atoms with Crippen molar-refractivity contribution < 1.29 is 18.0 Å². The van der Waals surface area contributed by atoms with E-state index in [1.165, 1.54) is 29.5 Å². The molecule has 0 bridgehead atoms. The quantitative estimate of drug-likeness (QED) is 0.676. The third kappa shape index (κ3) is 3.14. The fourth-order valence-electron chi connectivity index (χ4n) is 2.97. The highest BCUT2D eigenvalue weighted by atomic mass is 32.2. The molecule has 1 amide bonds. The van der Waals surface area contributed by atoms with Crippen LogP contribution in [0.2, 0.25) is 0 Å². The van der Waals surface area contributed by atoms with E-state index in [0.717, 1.165) is 30.8 Å². The summed E-state index contributed by atoms with van der Waals surface area (Å²) in [5.74, 6) is -0.366. The summed E-state index contributed by atoms with van der Waals surface area (Å²) in [6.07, 6.45) is -1.91. The summed E-state index contributed by atoms with van der Waals surface area (Å²) in [5, 5.41) is 0.609. The first kappa shape index (κ1) is 16.9. The topological polar surface area (TPSA) is 32.7 Å². The highest BCUT2D eigenvalue weighted by Gasteiger charge is 2.31. The van der Waals surface area contributed by atoms with Gasteiger partial charge < -0.3 is 4.90 Å². The number of amides is 1. The van der Waals surface area contributed by atoms with Crippen LogP contribution in [0.5, 0.6) is 0 Å². The number of hydrogen-bond acceptors (Lipinski definition) is 3. The molecule has 0 saturated carbocycles. The molecule has 2 aromatic carbocycles. The predicted octanol–water partition coefficient (Wildman–Crippen LogP) is 4.74. The third-order valence-corrected chi connectivity index (χ3v) is 5.27. The Labute approximate surface area is 152 Å². The van der Waals surface area contributed by atoms with Crippen molar-refractivity contribution in [1.29, 1.82) is 0 Å². The van der Waals surface area contributed by atoms with E-state index in [1.807, 2.05) is 23.1 Å². The number of anilines is 1. The molecule has 2 heterocycles. The standard InChI is InChI=1S/C19H13F3N2OS/c20-19(21,22)14-7-5-12(6-8-14)11-16-17(25)23-18(26-16)24-10-9-13-3-1-2-4-15(13)24/h1-8,11H,9-10H2/b16-11-. The minimum Gasteiger partial charge on any atom is -0.320 e. The molecule has 0 aromatic heterocycles. The van der Waals surface area contributed by atoms with Crippen molar-refractivity contribution in [2.24, 2.45) is 4.99 Å². The first-order chi connectivity index (χ1) is 12.4. The van der Waals surface area contributed by atoms with Crippen molar-refractivity contribution in [2.75, 3.05) is 11.4 Å². The molecule has 0 radical (unpaired) electrons. The average Bonchev–Trinajstić information content (AvgIpc) is 3.18. The minimum absolute atomic E-state index is 0.366. The first-order valence-electron chi connectivity index (χ1n) is 7.97. The summed E-state index contributed by atoms with van der Waals surface area (Å²) < 4.78 is 37.9. The summed E-state index contributed by atoms with van der Waals surface area (Å²) >= 11 is 1.25. The van der Waals surface area contributed by atoms with Crippen LogP contribution in [0.15, 0.2) is 58.4 Å². The van der Waals surface area contributed by atoms with Gasteiger partial charge in [0.25, 0.3) is 5.91 Å². The number of rotatable bonds is 1. The van der Waals surface area contributed by atoms with Crippen LogP contribution in [0.4, 0.5) is 18.9 Å². The van der Waals surface area contributed by atoms with Gasteiger partial charge in [0.15, 0.2) is 5.17 Å². The van der Waals surface area contributed by atoms with Gasteiger partial charge in [-0.05, 0) is 53.6 Å². The van der Waals surface area contributed by atoms with Gasteiger partial charge in [-0.15, -0.1) is 0 Å². The van der Waals surface area contributed by atoms with E-state index in [4.69, 9.17) is 0 Å². The second-order valence-corrected chi connectivity index (χ2v) is 6.97. The Morgan fingerprint density at radius 3 is 2.54 bits per heavy atom. The SMILES string of the molecule is O=C1N=C(N2CCc3ccccc32)S/C1=C\c1ccc(C(F)(F)F)cc1. The molecule has 132 valence electrons. The molecular weight excluding hydrogens is 361 g/mol. The molecule has 0 unspecified atom stereocenters. The fourth-order valence-corrected chi connectivity index (χ4v) is 3.92. The van der Waals surface area contributed by atoms with Crippen LogP contribution in [0, 0.1) is 0 Å². The van der Waals surface area contributed by atoms with E-state index in [9.17, 15) is 18.0 Å². The Morgan fingerprint density at radius 2 is 1.81 bits per heavy atom. The molecule has 0 aliphatic carbocycles. The largest absolute Gasteiger partial charge is 0.416 e. The summed E-state index contributed by atoms with van der Waals surface area (Å²) in [7, 11) is 0. The summed E-state index contributed by atoms with van der Waals surface area (Å²) in [6, 6.07) is 12.7. The molecule has 2 aromatic rings. The molecule has 4 rings (SSSR count). The van der Waals surface area contributed by atoms with Crippen molar-refractivity contribution in [2.45, 2.75) is 12.6 Å². The van der Waals surface area contributed by atoms with Gasteiger partial charge in [0.1, 0.15) is 0 Å². The lowest BCUT2D eigenvalue weighted by atomic mass is 10.1. The van der Waals surface area contributed by atoms with Crippen LogP contribution in [-0.4, -0.2) is 17.6 Å². The molecule has 0 N–H and O–H groups in total. The number of carbonyl (C=O) groups is 1. The molecular formula is C19H13F3N2OS. The number of para-hydroxylation sites is 1. The predicted molar refractivity (Wildman–Crippen MR) is 96.9 cm³/mol. The van der Waals surface area contributed by atoms with E-state index < -0.39 is 11.7 Å². The molecule has 0 fully saturated rings. The number of aliphatic imine (C=N–C) groups is 1. The van der Waals surface area contributed by atoms with Crippen LogP contribution in [0.1, 0.15) is 16.7 Å². The highest BCUT2D eigenvalue weighted by molar-refractivity contribution is 8.18. The van der Waals surface area contributed by atoms with Crippen LogP contribution < -0.4 is 4.90 Å². The number of nitrogens with zero attached hydrogens (tertiary/aromatic N) is 2. The summed E-state index contributed by atoms with van der Waals surface area (Å²) in [4.78, 5) is 18.7. The lowest BCUT2D eigenvalue weighted by Crippen LogP contribution is -2.24. The maximum atomic E-state index is 12.6. The number of fused-ring (bicyclic) bond motifs is 1. The zero-order valence-electron chi connectivity index (χ0n) is 13.5. The maximum Gasteiger partial charge on any atom is 0.416 e. The van der Waals surface area contributed by atoms with Gasteiger partial charge in [0.05, 0.1) is 10.5 Å². The smallest absolute Gasteiger partial charge is 0.320 e. The van der Waals surface area contributed by atoms with E-state index in [-0.39, 0.29) is 5.91 Å². The van der Waals surface area contributed by atoms with Gasteiger partial charge in [-0.3, -0.25) is 4.79 Å². The van der Waals surface area contributed by atoms with Crippen molar-refractivity contribution in [3.8, 4) is 0 Å². The van der Waals surface area contributed by atoms with E-state index in [0.29, 0.717) is 15.6 Å². The van der Waals surface area contributed by atoms with Gasteiger partial charge in [-0.1, -0.05) is 30.3 Å². The number of benzene rings is 2. The van der Waals surface area contributed by atoms with E-state index >= 15 is 0 Å². The van der Waals surface area contributed by atoms with Crippen molar-refractivity contribution in [1.82, 2.24) is 0 Å². The molecule has 0 spiro atoms. The van der Waals surface area contributed by atoms with Crippen LogP contribution in [-0.2, 0) is 17.4 Å². The minimum atomic E-state index is -4.37. The van der Waals surface area contributed by atoms with Crippen LogP contribution in [0.3, 0.4) is 0 Å². The number of carbonyl (C=O) groups excluding carboxylic acids is 1. The van der Waals surface area contributed by atoms with Crippen molar-refractivity contribution in [3.63, 3.8) is 0 Å². The Kier molecular flexibility index (Phi) is 4.11. The zero-order chi connectivity index (χ0) is 18.3. The molecule has 2 aliphatic heterocycles. The Morgan fingerprint density at radius 1 is 1.08 bits per heavy atom. The molecule has 7 heteroatoms. The number of hydrogen-bond donors (Lipinski definition) is 0. The Balaban J connectivity index is 1.54. The van der Waals surface area contributed by atoms with Crippen molar-refractivity contribution in [3.05, 3.63) is 70.1 Å². The number of thioether (sulfide) groups is 1. The molecule has 0 saturated heterocycles. The summed E-state index contributed by atoms with van der Waals surface area (Å²) in [6.45, 7) is 0.756. The van der Waals surface area contributed by atoms with E-state index in [2.05, 4.69) is 11.1 Å². The molecule has 0 atom stereocenters. The second-order valence-electron chi connectivity index (χ2n) is 5.96. The van der Waals surface area contributed by atoms with Crippen LogP contribution in [0.25, 0.3) is 6.08 Å².